The van der Waals surface area contributed by atoms with Crippen molar-refractivity contribution in [1.82, 2.24) is 4.98 Å². The predicted octanol–water partition coefficient (Wildman–Crippen LogP) is 2.87. The van der Waals surface area contributed by atoms with Crippen molar-refractivity contribution < 1.29 is 4.92 Å². The molecule has 0 atom stereocenters. The summed E-state index contributed by atoms with van der Waals surface area (Å²) < 4.78 is 0. The van der Waals surface area contributed by atoms with Crippen LogP contribution in [-0.4, -0.2) is 17.0 Å². The van der Waals surface area contributed by atoms with Gasteiger partial charge in [-0.15, -0.1) is 11.3 Å². The van der Waals surface area contributed by atoms with E-state index >= 15 is 0 Å². The Morgan fingerprint density at radius 1 is 1.55 bits per heavy atom. The fourth-order valence-corrected chi connectivity index (χ4v) is 2.43. The molecule has 1 heterocycles. The van der Waals surface area contributed by atoms with Gasteiger partial charge in [0.2, 0.25) is 0 Å². The molecule has 0 spiro atoms. The molecule has 1 aromatic carbocycles. The van der Waals surface area contributed by atoms with Crippen LogP contribution in [0.15, 0.2) is 23.6 Å². The topological polar surface area (TPSA) is 83.1 Å². The van der Waals surface area contributed by atoms with Gasteiger partial charge in [0, 0.05) is 24.2 Å². The molecule has 0 saturated heterocycles. The molecule has 6 nitrogen and oxygen atoms in total. The van der Waals surface area contributed by atoms with Gasteiger partial charge < -0.3 is 4.90 Å². The van der Waals surface area contributed by atoms with Crippen LogP contribution in [0.5, 0.6) is 0 Å². The molecule has 0 saturated carbocycles. The second-order valence-corrected chi connectivity index (χ2v) is 5.35. The lowest BCUT2D eigenvalue weighted by atomic mass is 10.1. The van der Waals surface area contributed by atoms with Gasteiger partial charge in [-0.3, -0.25) is 10.1 Å². The minimum Gasteiger partial charge on any atom is -0.369 e. The van der Waals surface area contributed by atoms with Gasteiger partial charge in [-0.05, 0) is 19.1 Å². The number of aromatic nitrogens is 1. The van der Waals surface area contributed by atoms with E-state index in [4.69, 9.17) is 5.26 Å². The molecule has 0 unspecified atom stereocenters. The summed E-state index contributed by atoms with van der Waals surface area (Å²) in [7, 11) is 1.86. The van der Waals surface area contributed by atoms with Gasteiger partial charge in [-0.2, -0.15) is 5.26 Å². The monoisotopic (exact) mass is 288 g/mol. The zero-order valence-corrected chi connectivity index (χ0v) is 11.8. The fourth-order valence-electron chi connectivity index (χ4n) is 1.83. The van der Waals surface area contributed by atoms with Gasteiger partial charge in [-0.1, -0.05) is 0 Å². The molecule has 0 radical (unpaired) electrons. The van der Waals surface area contributed by atoms with E-state index in [1.54, 1.807) is 17.4 Å². The molecular weight excluding hydrogens is 276 g/mol. The Morgan fingerprint density at radius 3 is 2.85 bits per heavy atom. The molecule has 7 heteroatoms. The van der Waals surface area contributed by atoms with Gasteiger partial charge in [0.05, 0.1) is 22.2 Å². The molecule has 0 bridgehead atoms. The van der Waals surface area contributed by atoms with Crippen LogP contribution in [-0.2, 0) is 6.54 Å². The number of nitrogens with zero attached hydrogens (tertiary/aromatic N) is 4. The number of hydrogen-bond donors (Lipinski definition) is 0. The van der Waals surface area contributed by atoms with Crippen molar-refractivity contribution in [2.24, 2.45) is 0 Å². The SMILES string of the molecule is Cc1nc(CN(C)c2ccc([N+](=O)[O-])c(C#N)c2)cs1. The maximum atomic E-state index is 10.8. The maximum absolute atomic E-state index is 10.8. The molecule has 0 amide bonds. The van der Waals surface area contributed by atoms with Crippen LogP contribution in [0.4, 0.5) is 11.4 Å². The Labute approximate surface area is 120 Å². The summed E-state index contributed by atoms with van der Waals surface area (Å²) in [6.45, 7) is 2.53. The van der Waals surface area contributed by atoms with Crippen LogP contribution in [0.1, 0.15) is 16.3 Å². The quantitative estimate of drug-likeness (QED) is 0.638. The molecule has 2 aromatic rings. The average molecular weight is 288 g/mol. The van der Waals surface area contributed by atoms with E-state index in [-0.39, 0.29) is 11.3 Å². The summed E-state index contributed by atoms with van der Waals surface area (Å²) in [5.41, 5.74) is 1.58. The largest absolute Gasteiger partial charge is 0.369 e. The summed E-state index contributed by atoms with van der Waals surface area (Å²) in [5.74, 6) is 0. The lowest BCUT2D eigenvalue weighted by molar-refractivity contribution is -0.385. The molecule has 0 aliphatic carbocycles. The van der Waals surface area contributed by atoms with Crippen molar-refractivity contribution in [3.8, 4) is 6.07 Å². The highest BCUT2D eigenvalue weighted by Crippen LogP contribution is 2.24. The van der Waals surface area contributed by atoms with Gasteiger partial charge >= 0.3 is 0 Å². The van der Waals surface area contributed by atoms with Crippen molar-refractivity contribution >= 4 is 22.7 Å². The van der Waals surface area contributed by atoms with Crippen molar-refractivity contribution in [1.29, 1.82) is 5.26 Å². The van der Waals surface area contributed by atoms with Crippen LogP contribution in [0, 0.1) is 28.4 Å². The molecular formula is C13H12N4O2S. The Kier molecular flexibility index (Phi) is 3.96. The normalized spacial score (nSPS) is 10.1. The smallest absolute Gasteiger partial charge is 0.287 e. The Balaban J connectivity index is 2.24. The van der Waals surface area contributed by atoms with Gasteiger partial charge in [0.15, 0.2) is 0 Å². The van der Waals surface area contributed by atoms with Gasteiger partial charge in [0.25, 0.3) is 5.69 Å². The molecule has 1 aromatic heterocycles. The molecule has 2 rings (SSSR count). The number of nitro groups is 1. The highest BCUT2D eigenvalue weighted by atomic mass is 32.1. The van der Waals surface area contributed by atoms with Crippen molar-refractivity contribution in [3.63, 3.8) is 0 Å². The van der Waals surface area contributed by atoms with Gasteiger partial charge in [0.1, 0.15) is 11.6 Å². The number of hydrogen-bond acceptors (Lipinski definition) is 6. The van der Waals surface area contributed by atoms with Crippen molar-refractivity contribution in [2.75, 3.05) is 11.9 Å². The first-order valence-corrected chi connectivity index (χ1v) is 6.70. The zero-order valence-electron chi connectivity index (χ0n) is 11.0. The molecule has 0 fully saturated rings. The zero-order chi connectivity index (χ0) is 14.7. The molecule has 102 valence electrons. The van der Waals surface area contributed by atoms with E-state index < -0.39 is 4.92 Å². The first-order valence-electron chi connectivity index (χ1n) is 5.82. The van der Waals surface area contributed by atoms with E-state index in [0.29, 0.717) is 6.54 Å². The van der Waals surface area contributed by atoms with Crippen LogP contribution in [0.3, 0.4) is 0 Å². The molecule has 0 N–H and O–H groups in total. The number of aryl methyl sites for hydroxylation is 1. The summed E-state index contributed by atoms with van der Waals surface area (Å²) in [5, 5.41) is 22.7. The number of nitro benzene ring substituents is 1. The third kappa shape index (κ3) is 2.92. The molecule has 0 aliphatic heterocycles. The average Bonchev–Trinajstić information content (AvgIpc) is 2.83. The van der Waals surface area contributed by atoms with Crippen LogP contribution in [0.2, 0.25) is 0 Å². The highest BCUT2D eigenvalue weighted by Gasteiger charge is 2.15. The lowest BCUT2D eigenvalue weighted by Gasteiger charge is -2.18. The Bertz CT molecular complexity index is 690. The van der Waals surface area contributed by atoms with E-state index in [2.05, 4.69) is 4.98 Å². The Hall–Kier alpha value is -2.46. The Morgan fingerprint density at radius 2 is 2.30 bits per heavy atom. The second kappa shape index (κ2) is 5.67. The molecule has 0 aliphatic rings. The standard InChI is InChI=1S/C13H12N4O2S/c1-9-15-11(8-20-9)7-16(2)12-3-4-13(17(18)19)10(5-12)6-14/h3-5,8H,7H2,1-2H3. The van der Waals surface area contributed by atoms with E-state index in [1.807, 2.05) is 30.3 Å². The van der Waals surface area contributed by atoms with Crippen LogP contribution >= 0.6 is 11.3 Å². The minimum absolute atomic E-state index is 0.0637. The van der Waals surface area contributed by atoms with E-state index in [9.17, 15) is 10.1 Å². The predicted molar refractivity (Wildman–Crippen MR) is 76.8 cm³/mol. The first-order chi connectivity index (χ1) is 9.51. The number of anilines is 1. The van der Waals surface area contributed by atoms with Crippen LogP contribution in [0.25, 0.3) is 0 Å². The summed E-state index contributed by atoms with van der Waals surface area (Å²) in [4.78, 5) is 16.5. The number of thiazole rings is 1. The third-order valence-electron chi connectivity index (χ3n) is 2.80. The van der Waals surface area contributed by atoms with Crippen molar-refractivity contribution in [2.45, 2.75) is 13.5 Å². The highest BCUT2D eigenvalue weighted by molar-refractivity contribution is 7.09. The maximum Gasteiger partial charge on any atom is 0.287 e. The first kappa shape index (κ1) is 14.0. The third-order valence-corrected chi connectivity index (χ3v) is 3.63. The van der Waals surface area contributed by atoms with Gasteiger partial charge in [-0.25, -0.2) is 4.98 Å². The van der Waals surface area contributed by atoms with E-state index in [1.165, 1.54) is 12.1 Å². The summed E-state index contributed by atoms with van der Waals surface area (Å²) in [6.07, 6.45) is 0. The number of rotatable bonds is 4. The number of benzene rings is 1. The number of nitriles is 1. The summed E-state index contributed by atoms with van der Waals surface area (Å²) in [6, 6.07) is 6.38. The van der Waals surface area contributed by atoms with Crippen molar-refractivity contribution in [3.05, 3.63) is 50.0 Å². The van der Waals surface area contributed by atoms with Crippen LogP contribution < -0.4 is 4.90 Å². The second-order valence-electron chi connectivity index (χ2n) is 4.28. The lowest BCUT2D eigenvalue weighted by Crippen LogP contribution is -2.16. The molecule has 20 heavy (non-hydrogen) atoms. The summed E-state index contributed by atoms with van der Waals surface area (Å²) >= 11 is 1.58. The minimum atomic E-state index is -0.549. The fraction of sp³-hybridized carbons (Fsp3) is 0.231. The van der Waals surface area contributed by atoms with E-state index in [0.717, 1.165) is 16.4 Å².